The number of fused-ring (bicyclic) bond motifs is 5. The minimum atomic E-state index is -1.23. The predicted octanol–water partition coefficient (Wildman–Crippen LogP) is 5.07. The van der Waals surface area contributed by atoms with Crippen LogP contribution >= 0.6 is 0 Å². The number of carbonyl (C=O) groups is 1. The third-order valence-corrected chi connectivity index (χ3v) is 7.54. The van der Waals surface area contributed by atoms with Gasteiger partial charge < -0.3 is 32.9 Å². The number of carbonyl (C=O) groups excluding carboxylic acids is 1. The van der Waals surface area contributed by atoms with Crippen LogP contribution in [-0.4, -0.2) is 16.2 Å². The van der Waals surface area contributed by atoms with E-state index < -0.39 is 29.1 Å². The maximum Gasteiger partial charge on any atom is 0.339 e. The number of phenols is 2. The van der Waals surface area contributed by atoms with Crippen molar-refractivity contribution < 1.29 is 37.7 Å². The number of phenolic OH excluding ortho intramolecular Hbond substituents is 2. The van der Waals surface area contributed by atoms with Crippen molar-refractivity contribution in [1.29, 1.82) is 0 Å². The Labute approximate surface area is 252 Å². The smallest absolute Gasteiger partial charge is 0.339 e. The van der Waals surface area contributed by atoms with Gasteiger partial charge in [0.15, 0.2) is 28.4 Å². The van der Waals surface area contributed by atoms with Gasteiger partial charge in [0.05, 0.1) is 11.1 Å². The molecule has 3 aromatic carbocycles. The SMILES string of the molecule is CC(=O)OC1Oc2ccc(Cc3cc(=O)oc4c(O)cccc34)cc2-c2oc(=O)c(Cc3cc(=O)oc4c(O)cccc34)cc21. The van der Waals surface area contributed by atoms with E-state index in [4.69, 9.17) is 22.7 Å². The topological polar surface area (TPSA) is 167 Å². The summed E-state index contributed by atoms with van der Waals surface area (Å²) in [4.78, 5) is 49.9. The van der Waals surface area contributed by atoms with E-state index in [0.29, 0.717) is 33.2 Å². The van der Waals surface area contributed by atoms with Crippen molar-refractivity contribution in [2.75, 3.05) is 0 Å². The molecule has 2 N–H and O–H groups in total. The molecule has 6 aromatic rings. The Morgan fingerprint density at radius 3 is 2.00 bits per heavy atom. The molecule has 1 atom stereocenters. The van der Waals surface area contributed by atoms with E-state index in [1.165, 1.54) is 37.3 Å². The quantitative estimate of drug-likeness (QED) is 0.199. The van der Waals surface area contributed by atoms with Crippen LogP contribution in [0.5, 0.6) is 17.2 Å². The van der Waals surface area contributed by atoms with Crippen molar-refractivity contribution in [3.63, 3.8) is 0 Å². The molecule has 0 saturated heterocycles. The number of para-hydroxylation sites is 2. The van der Waals surface area contributed by atoms with Crippen LogP contribution in [0.2, 0.25) is 0 Å². The standard InChI is InChI=1S/C34H22O11/c1-16(35)41-34-24-13-20(12-19-15-29(39)44-32-22(19)5-3-7-26(32)37)33(40)45-30(24)23-11-17(8-9-27(23)42-34)10-18-14-28(38)43-31-21(18)4-2-6-25(31)36/h2-9,11,13-15,34,36-37H,10,12H2,1H3. The van der Waals surface area contributed by atoms with E-state index in [1.54, 1.807) is 42.5 Å². The van der Waals surface area contributed by atoms with Gasteiger partial charge >= 0.3 is 22.8 Å². The van der Waals surface area contributed by atoms with E-state index in [9.17, 15) is 29.4 Å². The lowest BCUT2D eigenvalue weighted by atomic mass is 9.95. The Morgan fingerprint density at radius 1 is 0.756 bits per heavy atom. The largest absolute Gasteiger partial charge is 0.504 e. The van der Waals surface area contributed by atoms with Crippen molar-refractivity contribution >= 4 is 27.9 Å². The fraction of sp³-hybridized carbons (Fsp3) is 0.118. The maximum absolute atomic E-state index is 13.4. The highest BCUT2D eigenvalue weighted by atomic mass is 16.7. The second-order valence-electron chi connectivity index (χ2n) is 10.6. The molecule has 224 valence electrons. The summed E-state index contributed by atoms with van der Waals surface area (Å²) in [7, 11) is 0. The first-order valence-corrected chi connectivity index (χ1v) is 13.8. The molecular formula is C34H22O11. The lowest BCUT2D eigenvalue weighted by Gasteiger charge is -2.27. The number of ether oxygens (including phenoxy) is 2. The third kappa shape index (κ3) is 4.99. The van der Waals surface area contributed by atoms with Crippen LogP contribution < -0.4 is 21.6 Å². The van der Waals surface area contributed by atoms with Crippen LogP contribution in [0.15, 0.2) is 100 Å². The highest BCUT2D eigenvalue weighted by molar-refractivity contribution is 5.86. The van der Waals surface area contributed by atoms with Crippen LogP contribution in [0.25, 0.3) is 33.3 Å². The molecule has 0 saturated carbocycles. The fourth-order valence-electron chi connectivity index (χ4n) is 5.61. The molecule has 0 amide bonds. The summed E-state index contributed by atoms with van der Waals surface area (Å²) in [5, 5.41) is 21.4. The van der Waals surface area contributed by atoms with Crippen LogP contribution in [0.1, 0.15) is 41.0 Å². The summed E-state index contributed by atoms with van der Waals surface area (Å²) in [6.07, 6.45) is -1.02. The van der Waals surface area contributed by atoms with Crippen LogP contribution in [0.3, 0.4) is 0 Å². The molecular weight excluding hydrogens is 584 g/mol. The van der Waals surface area contributed by atoms with Gasteiger partial charge in [-0.1, -0.05) is 30.3 Å². The van der Waals surface area contributed by atoms with Gasteiger partial charge in [0, 0.05) is 41.8 Å². The summed E-state index contributed by atoms with van der Waals surface area (Å²) in [6, 6.07) is 18.7. The van der Waals surface area contributed by atoms with Gasteiger partial charge in [-0.3, -0.25) is 4.79 Å². The minimum Gasteiger partial charge on any atom is -0.504 e. The lowest BCUT2D eigenvalue weighted by molar-refractivity contribution is -0.162. The van der Waals surface area contributed by atoms with Crippen molar-refractivity contribution in [3.8, 4) is 28.6 Å². The molecule has 1 aliphatic heterocycles. The minimum absolute atomic E-state index is 0.0101. The summed E-state index contributed by atoms with van der Waals surface area (Å²) in [5.74, 6) is -0.580. The van der Waals surface area contributed by atoms with E-state index in [-0.39, 0.29) is 52.4 Å². The van der Waals surface area contributed by atoms with Gasteiger partial charge in [0.1, 0.15) is 5.75 Å². The Balaban J connectivity index is 1.33. The zero-order valence-electron chi connectivity index (χ0n) is 23.5. The van der Waals surface area contributed by atoms with Gasteiger partial charge in [-0.05, 0) is 53.4 Å². The number of hydrogen-bond acceptors (Lipinski definition) is 11. The third-order valence-electron chi connectivity index (χ3n) is 7.54. The molecule has 45 heavy (non-hydrogen) atoms. The Morgan fingerprint density at radius 2 is 1.38 bits per heavy atom. The second kappa shape index (κ2) is 10.6. The molecule has 0 bridgehead atoms. The first-order valence-electron chi connectivity index (χ1n) is 13.8. The molecule has 1 aliphatic rings. The Hall–Kier alpha value is -6.10. The van der Waals surface area contributed by atoms with Gasteiger partial charge in [0.25, 0.3) is 6.29 Å². The van der Waals surface area contributed by atoms with Crippen molar-refractivity contribution in [2.45, 2.75) is 26.1 Å². The van der Waals surface area contributed by atoms with Crippen LogP contribution in [0, 0.1) is 0 Å². The number of hydrogen-bond donors (Lipinski definition) is 2. The Bertz CT molecular complexity index is 2360. The number of benzene rings is 3. The molecule has 1 unspecified atom stereocenters. The molecule has 3 aromatic heterocycles. The van der Waals surface area contributed by atoms with Gasteiger partial charge in [0.2, 0.25) is 0 Å². The predicted molar refractivity (Wildman–Crippen MR) is 159 cm³/mol. The summed E-state index contributed by atoms with van der Waals surface area (Å²) >= 11 is 0. The fourth-order valence-corrected chi connectivity index (χ4v) is 5.61. The first-order chi connectivity index (χ1) is 21.6. The van der Waals surface area contributed by atoms with Crippen molar-refractivity contribution in [2.24, 2.45) is 0 Å². The molecule has 0 spiro atoms. The number of rotatable bonds is 5. The Kier molecular flexibility index (Phi) is 6.51. The monoisotopic (exact) mass is 606 g/mol. The number of esters is 1. The van der Waals surface area contributed by atoms with Crippen LogP contribution in [0.4, 0.5) is 0 Å². The average molecular weight is 607 g/mol. The number of aromatic hydroxyl groups is 2. The van der Waals surface area contributed by atoms with Gasteiger partial charge in [-0.15, -0.1) is 0 Å². The molecule has 11 heteroatoms. The maximum atomic E-state index is 13.4. The highest BCUT2D eigenvalue weighted by Crippen LogP contribution is 2.43. The van der Waals surface area contributed by atoms with Crippen LogP contribution in [-0.2, 0) is 22.4 Å². The van der Waals surface area contributed by atoms with E-state index >= 15 is 0 Å². The normalized spacial score (nSPS) is 13.7. The average Bonchev–Trinajstić information content (AvgIpc) is 2.99. The molecule has 4 heterocycles. The van der Waals surface area contributed by atoms with E-state index in [2.05, 4.69) is 0 Å². The summed E-state index contributed by atoms with van der Waals surface area (Å²) in [5.41, 5.74) is 0.624. The molecule has 0 aliphatic carbocycles. The molecule has 0 fully saturated rings. The van der Waals surface area contributed by atoms with E-state index in [0.717, 1.165) is 5.56 Å². The highest BCUT2D eigenvalue weighted by Gasteiger charge is 2.32. The van der Waals surface area contributed by atoms with Gasteiger partial charge in [-0.25, -0.2) is 14.4 Å². The second-order valence-corrected chi connectivity index (χ2v) is 10.6. The van der Waals surface area contributed by atoms with E-state index in [1.807, 2.05) is 0 Å². The zero-order valence-corrected chi connectivity index (χ0v) is 23.5. The summed E-state index contributed by atoms with van der Waals surface area (Å²) < 4.78 is 27.7. The first kappa shape index (κ1) is 27.7. The van der Waals surface area contributed by atoms with Gasteiger partial charge in [-0.2, -0.15) is 0 Å². The molecule has 11 nitrogen and oxygen atoms in total. The summed E-state index contributed by atoms with van der Waals surface area (Å²) in [6.45, 7) is 1.22. The lowest BCUT2D eigenvalue weighted by Crippen LogP contribution is -2.22. The zero-order chi connectivity index (χ0) is 31.4. The van der Waals surface area contributed by atoms with Crippen molar-refractivity contribution in [1.82, 2.24) is 0 Å². The molecule has 0 radical (unpaired) electrons. The van der Waals surface area contributed by atoms with Crippen molar-refractivity contribution in [3.05, 3.63) is 132 Å². The molecule has 7 rings (SSSR count).